The summed E-state index contributed by atoms with van der Waals surface area (Å²) in [5.74, 6) is 0.701. The molecule has 4 nitrogen and oxygen atoms in total. The molecule has 0 amide bonds. The fourth-order valence-corrected chi connectivity index (χ4v) is 2.75. The van der Waals surface area contributed by atoms with E-state index in [2.05, 4.69) is 46.5 Å². The van der Waals surface area contributed by atoms with E-state index in [1.54, 1.807) is 6.26 Å². The molecule has 106 valence electrons. The maximum absolute atomic E-state index is 5.25. The van der Waals surface area contributed by atoms with Gasteiger partial charge < -0.3 is 14.6 Å². The van der Waals surface area contributed by atoms with Crippen LogP contribution in [0.3, 0.4) is 0 Å². The normalized spacial score (nSPS) is 20.0. The number of nitrogens with one attached hydrogen (secondary N) is 1. The summed E-state index contributed by atoms with van der Waals surface area (Å²) < 4.78 is 5.25. The summed E-state index contributed by atoms with van der Waals surface area (Å²) in [6.45, 7) is 4.19. The lowest BCUT2D eigenvalue weighted by molar-refractivity contribution is 0.261. The van der Waals surface area contributed by atoms with Crippen molar-refractivity contribution >= 4 is 5.69 Å². The van der Waals surface area contributed by atoms with Gasteiger partial charge in [0.05, 0.1) is 0 Å². The number of oxazole rings is 1. The van der Waals surface area contributed by atoms with E-state index >= 15 is 0 Å². The molecule has 1 unspecified atom stereocenters. The molecule has 1 N–H and O–H groups in total. The summed E-state index contributed by atoms with van der Waals surface area (Å²) in [5.41, 5.74) is 3.16. The van der Waals surface area contributed by atoms with Gasteiger partial charge in [-0.05, 0) is 38.6 Å². The van der Waals surface area contributed by atoms with E-state index in [-0.39, 0.29) is 0 Å². The van der Waals surface area contributed by atoms with Crippen molar-refractivity contribution in [1.82, 2.24) is 9.88 Å². The van der Waals surface area contributed by atoms with Gasteiger partial charge in [-0.25, -0.2) is 4.98 Å². The van der Waals surface area contributed by atoms with E-state index in [1.807, 2.05) is 6.92 Å². The van der Waals surface area contributed by atoms with Crippen molar-refractivity contribution in [2.75, 3.05) is 25.5 Å². The molecule has 1 fully saturated rings. The number of anilines is 1. The predicted octanol–water partition coefficient (Wildman–Crippen LogP) is 3.16. The van der Waals surface area contributed by atoms with Gasteiger partial charge in [-0.15, -0.1) is 0 Å². The SMILES string of the molecule is Cc1nc(-c2ccc(NC3CCCN(C)C3)cc2)co1. The highest BCUT2D eigenvalue weighted by atomic mass is 16.3. The number of nitrogens with zero attached hydrogens (tertiary/aromatic N) is 2. The molecule has 0 saturated carbocycles. The van der Waals surface area contributed by atoms with E-state index in [0.29, 0.717) is 11.9 Å². The van der Waals surface area contributed by atoms with Crippen LogP contribution < -0.4 is 5.32 Å². The van der Waals surface area contributed by atoms with Gasteiger partial charge in [0.15, 0.2) is 5.89 Å². The zero-order valence-corrected chi connectivity index (χ0v) is 12.1. The minimum absolute atomic E-state index is 0.550. The maximum atomic E-state index is 5.25. The maximum Gasteiger partial charge on any atom is 0.191 e. The standard InChI is InChI=1S/C16H21N3O/c1-12-17-16(11-20-12)13-5-7-14(8-6-13)18-15-4-3-9-19(2)10-15/h5-8,11,15,18H,3-4,9-10H2,1-2H3. The Kier molecular flexibility index (Phi) is 3.74. The van der Waals surface area contributed by atoms with E-state index < -0.39 is 0 Å². The molecule has 1 atom stereocenters. The van der Waals surface area contributed by atoms with E-state index in [0.717, 1.165) is 17.8 Å². The summed E-state index contributed by atoms with van der Waals surface area (Å²) >= 11 is 0. The van der Waals surface area contributed by atoms with Crippen molar-refractivity contribution in [3.63, 3.8) is 0 Å². The van der Waals surface area contributed by atoms with Crippen LogP contribution in [0.4, 0.5) is 5.69 Å². The van der Waals surface area contributed by atoms with Crippen LogP contribution in [-0.4, -0.2) is 36.1 Å². The van der Waals surface area contributed by atoms with Crippen LogP contribution >= 0.6 is 0 Å². The lowest BCUT2D eigenvalue weighted by atomic mass is 10.1. The molecule has 1 aromatic carbocycles. The van der Waals surface area contributed by atoms with Crippen LogP contribution in [0.15, 0.2) is 34.9 Å². The fourth-order valence-electron chi connectivity index (χ4n) is 2.75. The van der Waals surface area contributed by atoms with Gasteiger partial charge in [-0.1, -0.05) is 12.1 Å². The Labute approximate surface area is 119 Å². The average Bonchev–Trinajstić information content (AvgIpc) is 2.86. The largest absolute Gasteiger partial charge is 0.449 e. The smallest absolute Gasteiger partial charge is 0.191 e. The third-order valence-corrected chi connectivity index (χ3v) is 3.79. The predicted molar refractivity (Wildman–Crippen MR) is 80.8 cm³/mol. The van der Waals surface area contributed by atoms with Gasteiger partial charge in [0.1, 0.15) is 12.0 Å². The summed E-state index contributed by atoms with van der Waals surface area (Å²) in [5, 5.41) is 3.61. The molecule has 1 aromatic heterocycles. The van der Waals surface area contributed by atoms with Crippen LogP contribution in [0, 0.1) is 6.92 Å². The number of piperidine rings is 1. The molecule has 0 radical (unpaired) electrons. The first kappa shape index (κ1) is 13.2. The molecule has 2 aromatic rings. The number of aromatic nitrogens is 1. The second-order valence-electron chi connectivity index (χ2n) is 5.57. The summed E-state index contributed by atoms with van der Waals surface area (Å²) in [6, 6.07) is 8.97. The molecule has 3 rings (SSSR count). The Balaban J connectivity index is 1.67. The zero-order chi connectivity index (χ0) is 13.9. The van der Waals surface area contributed by atoms with Gasteiger partial charge in [0.2, 0.25) is 0 Å². The van der Waals surface area contributed by atoms with Crippen molar-refractivity contribution < 1.29 is 4.42 Å². The molecule has 1 aliphatic heterocycles. The molecule has 1 saturated heterocycles. The zero-order valence-electron chi connectivity index (χ0n) is 12.1. The number of rotatable bonds is 3. The van der Waals surface area contributed by atoms with E-state index in [4.69, 9.17) is 4.42 Å². The van der Waals surface area contributed by atoms with Crippen molar-refractivity contribution in [3.8, 4) is 11.3 Å². The van der Waals surface area contributed by atoms with Crippen LogP contribution in [0.5, 0.6) is 0 Å². The van der Waals surface area contributed by atoms with Gasteiger partial charge in [-0.2, -0.15) is 0 Å². The first-order chi connectivity index (χ1) is 9.70. The van der Waals surface area contributed by atoms with E-state index in [1.165, 1.54) is 25.1 Å². The second kappa shape index (κ2) is 5.67. The molecule has 20 heavy (non-hydrogen) atoms. The Morgan fingerprint density at radius 1 is 1.30 bits per heavy atom. The van der Waals surface area contributed by atoms with Crippen LogP contribution in [0.2, 0.25) is 0 Å². The molecule has 0 aliphatic carbocycles. The number of likely N-dealkylation sites (tertiary alicyclic amines) is 1. The number of hydrogen-bond donors (Lipinski definition) is 1. The van der Waals surface area contributed by atoms with Crippen molar-refractivity contribution in [2.24, 2.45) is 0 Å². The Bertz CT molecular complexity index is 561. The topological polar surface area (TPSA) is 41.3 Å². The van der Waals surface area contributed by atoms with Crippen LogP contribution in [-0.2, 0) is 0 Å². The van der Waals surface area contributed by atoms with Gasteiger partial charge in [0.25, 0.3) is 0 Å². The highest BCUT2D eigenvalue weighted by molar-refractivity contribution is 5.62. The highest BCUT2D eigenvalue weighted by Crippen LogP contribution is 2.22. The molecule has 0 bridgehead atoms. The van der Waals surface area contributed by atoms with Gasteiger partial charge in [0, 0.05) is 30.8 Å². The van der Waals surface area contributed by atoms with Crippen LogP contribution in [0.1, 0.15) is 18.7 Å². The second-order valence-corrected chi connectivity index (χ2v) is 5.57. The van der Waals surface area contributed by atoms with Crippen molar-refractivity contribution in [1.29, 1.82) is 0 Å². The molecular formula is C16H21N3O. The third kappa shape index (κ3) is 3.02. The van der Waals surface area contributed by atoms with Crippen molar-refractivity contribution in [2.45, 2.75) is 25.8 Å². The van der Waals surface area contributed by atoms with E-state index in [9.17, 15) is 0 Å². The molecule has 4 heteroatoms. The first-order valence-electron chi connectivity index (χ1n) is 7.18. The number of aryl methyl sites for hydroxylation is 1. The Hall–Kier alpha value is -1.81. The Morgan fingerprint density at radius 3 is 2.75 bits per heavy atom. The average molecular weight is 271 g/mol. The minimum atomic E-state index is 0.550. The number of hydrogen-bond acceptors (Lipinski definition) is 4. The summed E-state index contributed by atoms with van der Waals surface area (Å²) in [7, 11) is 2.18. The number of likely N-dealkylation sites (N-methyl/N-ethyl adjacent to an activating group) is 1. The molecule has 0 spiro atoms. The quantitative estimate of drug-likeness (QED) is 0.931. The minimum Gasteiger partial charge on any atom is -0.449 e. The number of benzene rings is 1. The summed E-state index contributed by atoms with van der Waals surface area (Å²) in [6.07, 6.45) is 4.22. The highest BCUT2D eigenvalue weighted by Gasteiger charge is 2.16. The Morgan fingerprint density at radius 2 is 2.10 bits per heavy atom. The molecule has 1 aliphatic rings. The lowest BCUT2D eigenvalue weighted by Gasteiger charge is -2.30. The lowest BCUT2D eigenvalue weighted by Crippen LogP contribution is -2.39. The fraction of sp³-hybridized carbons (Fsp3) is 0.438. The monoisotopic (exact) mass is 271 g/mol. The molecular weight excluding hydrogens is 250 g/mol. The molecule has 2 heterocycles. The van der Waals surface area contributed by atoms with Crippen LogP contribution in [0.25, 0.3) is 11.3 Å². The summed E-state index contributed by atoms with van der Waals surface area (Å²) in [4.78, 5) is 6.73. The van der Waals surface area contributed by atoms with Gasteiger partial charge >= 0.3 is 0 Å². The first-order valence-corrected chi connectivity index (χ1v) is 7.18. The third-order valence-electron chi connectivity index (χ3n) is 3.79. The van der Waals surface area contributed by atoms with Gasteiger partial charge in [-0.3, -0.25) is 0 Å². The van der Waals surface area contributed by atoms with Crippen molar-refractivity contribution in [3.05, 3.63) is 36.4 Å².